The molecular weight excluding hydrogens is 454 g/mol. The predicted molar refractivity (Wildman–Crippen MR) is 135 cm³/mol. The number of H-pyrrole nitrogens is 1. The summed E-state index contributed by atoms with van der Waals surface area (Å²) in [7, 11) is 0. The second-order valence-corrected chi connectivity index (χ2v) is 9.62. The molecule has 0 saturated heterocycles. The zero-order chi connectivity index (χ0) is 24.9. The number of aliphatic carboxylic acids is 1. The lowest BCUT2D eigenvalue weighted by Crippen LogP contribution is -2.20. The van der Waals surface area contributed by atoms with E-state index in [2.05, 4.69) is 57.9 Å². The Hall–Kier alpha value is -3.88. The first-order chi connectivity index (χ1) is 17.6. The van der Waals surface area contributed by atoms with Crippen molar-refractivity contribution in [2.75, 3.05) is 0 Å². The zero-order valence-electron chi connectivity index (χ0n) is 20.5. The molecule has 0 aliphatic heterocycles. The van der Waals surface area contributed by atoms with E-state index in [4.69, 9.17) is 15.2 Å². The lowest BCUT2D eigenvalue weighted by Gasteiger charge is -2.27. The van der Waals surface area contributed by atoms with Gasteiger partial charge in [-0.3, -0.25) is 4.79 Å². The van der Waals surface area contributed by atoms with Gasteiger partial charge in [-0.15, -0.1) is 10.2 Å². The molecule has 2 aromatic heterocycles. The Morgan fingerprint density at radius 3 is 2.42 bits per heavy atom. The van der Waals surface area contributed by atoms with Crippen molar-refractivity contribution in [3.05, 3.63) is 65.7 Å². The topological polar surface area (TPSA) is 122 Å². The van der Waals surface area contributed by atoms with Gasteiger partial charge >= 0.3 is 5.97 Å². The molecule has 2 heterocycles. The lowest BCUT2D eigenvalue weighted by molar-refractivity contribution is -0.138. The van der Waals surface area contributed by atoms with Crippen LogP contribution in [-0.2, 0) is 24.2 Å². The van der Waals surface area contributed by atoms with Gasteiger partial charge in [0.2, 0.25) is 5.82 Å². The van der Waals surface area contributed by atoms with Crippen molar-refractivity contribution in [2.24, 2.45) is 11.8 Å². The second kappa shape index (κ2) is 10.8. The summed E-state index contributed by atoms with van der Waals surface area (Å²) in [6.07, 6.45) is 6.07. The molecule has 5 rings (SSSR count). The fourth-order valence-corrected chi connectivity index (χ4v) is 5.17. The highest BCUT2D eigenvalue weighted by Crippen LogP contribution is 2.33. The normalized spacial score (nSPS) is 17.8. The van der Waals surface area contributed by atoms with Crippen LogP contribution in [-0.4, -0.2) is 46.5 Å². The van der Waals surface area contributed by atoms with E-state index in [1.807, 2.05) is 22.9 Å². The highest BCUT2D eigenvalue weighted by atomic mass is 16.4. The molecule has 1 aliphatic rings. The van der Waals surface area contributed by atoms with Gasteiger partial charge in [0, 0.05) is 24.8 Å². The largest absolute Gasteiger partial charge is 0.481 e. The smallest absolute Gasteiger partial charge is 0.303 e. The monoisotopic (exact) mass is 485 g/mol. The molecule has 36 heavy (non-hydrogen) atoms. The van der Waals surface area contributed by atoms with Gasteiger partial charge < -0.3 is 5.11 Å². The summed E-state index contributed by atoms with van der Waals surface area (Å²) in [5, 5.41) is 28.3. The number of nitrogens with one attached hydrogen (secondary N) is 1. The van der Waals surface area contributed by atoms with Crippen LogP contribution in [0, 0.1) is 11.8 Å². The van der Waals surface area contributed by atoms with E-state index in [1.165, 1.54) is 0 Å². The molecule has 0 amide bonds. The van der Waals surface area contributed by atoms with Crippen molar-refractivity contribution < 1.29 is 9.90 Å². The van der Waals surface area contributed by atoms with E-state index in [9.17, 15) is 4.79 Å². The van der Waals surface area contributed by atoms with E-state index in [1.54, 1.807) is 0 Å². The Morgan fingerprint density at radius 1 is 1.03 bits per heavy atom. The number of carbonyl (C=O) groups is 1. The van der Waals surface area contributed by atoms with Crippen molar-refractivity contribution in [1.82, 2.24) is 35.4 Å². The maximum absolute atomic E-state index is 11.0. The summed E-state index contributed by atoms with van der Waals surface area (Å²) >= 11 is 0. The van der Waals surface area contributed by atoms with Crippen LogP contribution in [0.3, 0.4) is 0 Å². The van der Waals surface area contributed by atoms with Gasteiger partial charge in [0.1, 0.15) is 5.82 Å². The highest BCUT2D eigenvalue weighted by molar-refractivity contribution is 5.80. The van der Waals surface area contributed by atoms with Gasteiger partial charge in [-0.1, -0.05) is 55.5 Å². The number of hydrogen-bond acceptors (Lipinski definition) is 6. The predicted octanol–water partition coefficient (Wildman–Crippen LogP) is 4.56. The van der Waals surface area contributed by atoms with E-state index in [0.717, 1.165) is 72.4 Å². The van der Waals surface area contributed by atoms with E-state index >= 15 is 0 Å². The summed E-state index contributed by atoms with van der Waals surface area (Å²) < 4.78 is 2.05. The quantitative estimate of drug-likeness (QED) is 0.356. The number of aryl methyl sites for hydroxylation is 1. The number of nitrogens with zero attached hydrogens (tertiary/aromatic N) is 6. The first-order valence-electron chi connectivity index (χ1n) is 12.7. The number of aromatic nitrogens is 7. The molecule has 0 unspecified atom stereocenters. The third kappa shape index (κ3) is 5.50. The molecule has 0 atom stereocenters. The average molecular weight is 486 g/mol. The Labute approximate surface area is 210 Å². The molecular formula is C27H31N7O2. The molecule has 9 nitrogen and oxygen atoms in total. The van der Waals surface area contributed by atoms with Crippen LogP contribution in [0.25, 0.3) is 22.5 Å². The maximum atomic E-state index is 11.0. The summed E-state index contributed by atoms with van der Waals surface area (Å²) in [5.41, 5.74) is 4.24. The number of carboxylic acids is 1. The summed E-state index contributed by atoms with van der Waals surface area (Å²) in [6, 6.07) is 16.6. The Kier molecular flexibility index (Phi) is 7.16. The van der Waals surface area contributed by atoms with Crippen LogP contribution in [0.1, 0.15) is 56.2 Å². The van der Waals surface area contributed by atoms with E-state index < -0.39 is 5.97 Å². The van der Waals surface area contributed by atoms with Crippen molar-refractivity contribution in [1.29, 1.82) is 0 Å². The van der Waals surface area contributed by atoms with E-state index in [-0.39, 0.29) is 0 Å². The number of tetrazole rings is 1. The second-order valence-electron chi connectivity index (χ2n) is 9.62. The maximum Gasteiger partial charge on any atom is 0.303 e. The molecule has 1 saturated carbocycles. The number of carboxylic acid groups (broad SMARTS) is 1. The van der Waals surface area contributed by atoms with Crippen LogP contribution in [0.2, 0.25) is 0 Å². The molecule has 0 radical (unpaired) electrons. The minimum atomic E-state index is -0.685. The SMILES string of the molecule is CCc1nc(CC2CCC(CC(=O)O)CC2)n(Cc2ccc(-c3ccccc3-c3nn[nH]n3)cc2)n1. The highest BCUT2D eigenvalue weighted by Gasteiger charge is 2.25. The van der Waals surface area contributed by atoms with Crippen LogP contribution < -0.4 is 0 Å². The fraction of sp³-hybridized carbons (Fsp3) is 0.407. The van der Waals surface area contributed by atoms with Gasteiger partial charge in [0.15, 0.2) is 5.82 Å². The Balaban J connectivity index is 1.29. The van der Waals surface area contributed by atoms with Gasteiger partial charge in [-0.05, 0) is 59.4 Å². The average Bonchev–Trinajstić information content (AvgIpc) is 3.56. The van der Waals surface area contributed by atoms with Gasteiger partial charge in [0.05, 0.1) is 6.54 Å². The van der Waals surface area contributed by atoms with Crippen molar-refractivity contribution in [3.63, 3.8) is 0 Å². The van der Waals surface area contributed by atoms with Crippen LogP contribution in [0.5, 0.6) is 0 Å². The molecule has 186 valence electrons. The Morgan fingerprint density at radius 2 is 1.75 bits per heavy atom. The Bertz CT molecular complexity index is 1290. The molecule has 1 fully saturated rings. The van der Waals surface area contributed by atoms with Crippen molar-refractivity contribution in [3.8, 4) is 22.5 Å². The van der Waals surface area contributed by atoms with Gasteiger partial charge in [-0.2, -0.15) is 10.3 Å². The number of rotatable bonds is 9. The first-order valence-corrected chi connectivity index (χ1v) is 12.7. The lowest BCUT2D eigenvalue weighted by atomic mass is 9.79. The summed E-state index contributed by atoms with van der Waals surface area (Å²) in [5.74, 6) is 2.63. The van der Waals surface area contributed by atoms with Gasteiger partial charge in [0.25, 0.3) is 0 Å². The third-order valence-electron chi connectivity index (χ3n) is 7.12. The minimum Gasteiger partial charge on any atom is -0.481 e. The molecule has 0 spiro atoms. The molecule has 2 aromatic carbocycles. The fourth-order valence-electron chi connectivity index (χ4n) is 5.17. The van der Waals surface area contributed by atoms with Crippen LogP contribution in [0.15, 0.2) is 48.5 Å². The number of aromatic amines is 1. The van der Waals surface area contributed by atoms with Crippen LogP contribution in [0.4, 0.5) is 0 Å². The zero-order valence-corrected chi connectivity index (χ0v) is 20.5. The molecule has 2 N–H and O–H groups in total. The summed E-state index contributed by atoms with van der Waals surface area (Å²) in [4.78, 5) is 15.9. The van der Waals surface area contributed by atoms with Crippen LogP contribution >= 0.6 is 0 Å². The third-order valence-corrected chi connectivity index (χ3v) is 7.12. The van der Waals surface area contributed by atoms with Crippen molar-refractivity contribution in [2.45, 2.75) is 58.4 Å². The number of benzene rings is 2. The molecule has 4 aromatic rings. The molecule has 1 aliphatic carbocycles. The van der Waals surface area contributed by atoms with E-state index in [0.29, 0.717) is 30.6 Å². The van der Waals surface area contributed by atoms with Gasteiger partial charge in [-0.25, -0.2) is 9.67 Å². The summed E-state index contributed by atoms with van der Waals surface area (Å²) in [6.45, 7) is 2.75. The first kappa shape index (κ1) is 23.8. The number of hydrogen-bond donors (Lipinski definition) is 2. The molecule has 0 bridgehead atoms. The minimum absolute atomic E-state index is 0.290. The standard InChI is InChI=1S/C27H31N7O2/c1-2-24-28-25(15-18-7-9-19(10-8-18)16-26(35)36)34(31-24)17-20-11-13-21(14-12-20)22-5-3-4-6-23(22)27-29-32-33-30-27/h3-6,11-14,18-19H,2,7-10,15-17H2,1H3,(H,35,36)(H,29,30,32,33). The van der Waals surface area contributed by atoms with Crippen molar-refractivity contribution >= 4 is 5.97 Å². The molecule has 9 heteroatoms.